The van der Waals surface area contributed by atoms with Crippen molar-refractivity contribution in [1.29, 1.82) is 5.41 Å². The molecule has 39 heavy (non-hydrogen) atoms. The van der Waals surface area contributed by atoms with Gasteiger partial charge in [-0.1, -0.05) is 6.07 Å². The molecule has 1 aliphatic rings. The van der Waals surface area contributed by atoms with Gasteiger partial charge >= 0.3 is 0 Å². The molecule has 1 aliphatic heterocycles. The number of imidazole rings is 1. The van der Waals surface area contributed by atoms with E-state index in [1.165, 1.54) is 6.08 Å². The molecule has 1 saturated heterocycles. The normalized spacial score (nSPS) is 14.3. The molecule has 0 saturated carbocycles. The largest absolute Gasteiger partial charge is 0.438 e. The number of aromatic nitrogens is 5. The predicted molar refractivity (Wildman–Crippen MR) is 150 cm³/mol. The van der Waals surface area contributed by atoms with Gasteiger partial charge in [0.25, 0.3) is 5.91 Å². The number of aryl methyl sites for hydroxylation is 1. The maximum absolute atomic E-state index is 12.6. The van der Waals surface area contributed by atoms with Crippen LogP contribution in [0.25, 0.3) is 5.65 Å². The average molecular weight is 529 g/mol. The number of hydrogen-bond acceptors (Lipinski definition) is 9. The Hall–Kier alpha value is -4.71. The Morgan fingerprint density at radius 2 is 2.03 bits per heavy atom. The van der Waals surface area contributed by atoms with Gasteiger partial charge in [0.05, 0.1) is 24.1 Å². The smallest absolute Gasteiger partial charge is 0.271 e. The standard InChI is InChI=1S/C27H32N10O2/c1-17-4-5-21(13-22(17)33-27(38)23(29-3)12-18(2)28)39-26-7-6-25-34-24(16-37(25)35-26)32-19-14-31-36(15-19)20-8-10-30-11-9-20/h4-7,12-16,20,28-30,32H,8-11H2,1-3H3,(H,33,38)/b23-12-,28-18?. The Bertz CT molecular complexity index is 1530. The first-order valence-corrected chi connectivity index (χ1v) is 12.8. The van der Waals surface area contributed by atoms with Crippen LogP contribution in [0.4, 0.5) is 17.2 Å². The van der Waals surface area contributed by atoms with Crippen molar-refractivity contribution in [3.05, 3.63) is 66.3 Å². The zero-order chi connectivity index (χ0) is 27.4. The van der Waals surface area contributed by atoms with Crippen LogP contribution in [0.1, 0.15) is 31.4 Å². The summed E-state index contributed by atoms with van der Waals surface area (Å²) in [6, 6.07) is 9.39. The Morgan fingerprint density at radius 1 is 1.21 bits per heavy atom. The molecule has 4 heterocycles. The highest BCUT2D eigenvalue weighted by Gasteiger charge is 2.16. The summed E-state index contributed by atoms with van der Waals surface area (Å²) in [4.78, 5) is 17.2. The Balaban J connectivity index is 1.28. The highest BCUT2D eigenvalue weighted by molar-refractivity contribution is 6.08. The molecule has 1 amide bonds. The minimum atomic E-state index is -0.344. The van der Waals surface area contributed by atoms with Gasteiger partial charge in [-0.3, -0.25) is 9.48 Å². The second kappa shape index (κ2) is 11.4. The van der Waals surface area contributed by atoms with E-state index < -0.39 is 0 Å². The number of nitrogens with one attached hydrogen (secondary N) is 5. The second-order valence-corrected chi connectivity index (χ2v) is 9.44. The number of amides is 1. The van der Waals surface area contributed by atoms with Gasteiger partial charge in [-0.25, -0.2) is 9.50 Å². The molecule has 5 N–H and O–H groups in total. The van der Waals surface area contributed by atoms with Gasteiger partial charge in [0.1, 0.15) is 11.4 Å². The molecule has 12 nitrogen and oxygen atoms in total. The summed E-state index contributed by atoms with van der Waals surface area (Å²) in [6.45, 7) is 5.52. The average Bonchev–Trinajstić information content (AvgIpc) is 3.56. The Labute approximate surface area is 226 Å². The van der Waals surface area contributed by atoms with Crippen molar-refractivity contribution in [3.8, 4) is 11.6 Å². The van der Waals surface area contributed by atoms with Crippen molar-refractivity contribution in [2.45, 2.75) is 32.7 Å². The fourth-order valence-electron chi connectivity index (χ4n) is 4.38. The number of likely N-dealkylation sites (N-methyl/N-ethyl adjacent to an activating group) is 1. The number of nitrogens with zero attached hydrogens (tertiary/aromatic N) is 5. The molecule has 0 radical (unpaired) electrons. The van der Waals surface area contributed by atoms with Crippen LogP contribution >= 0.6 is 0 Å². The molecular weight excluding hydrogens is 496 g/mol. The first-order chi connectivity index (χ1) is 18.9. The molecule has 202 valence electrons. The van der Waals surface area contributed by atoms with Crippen LogP contribution in [-0.2, 0) is 4.79 Å². The van der Waals surface area contributed by atoms with Crippen molar-refractivity contribution in [2.24, 2.45) is 0 Å². The minimum absolute atomic E-state index is 0.273. The first kappa shape index (κ1) is 25.9. The number of carbonyl (C=O) groups is 1. The maximum Gasteiger partial charge on any atom is 0.271 e. The maximum atomic E-state index is 12.6. The van der Waals surface area contributed by atoms with Crippen molar-refractivity contribution in [3.63, 3.8) is 0 Å². The van der Waals surface area contributed by atoms with Crippen molar-refractivity contribution in [2.75, 3.05) is 30.8 Å². The van der Waals surface area contributed by atoms with E-state index in [0.717, 1.165) is 37.2 Å². The topological polar surface area (TPSA) is 146 Å². The molecule has 0 bridgehead atoms. The second-order valence-electron chi connectivity index (χ2n) is 9.44. The molecular formula is C27H32N10O2. The summed E-state index contributed by atoms with van der Waals surface area (Å²) in [7, 11) is 1.64. The molecule has 0 spiro atoms. The predicted octanol–water partition coefficient (Wildman–Crippen LogP) is 3.78. The summed E-state index contributed by atoms with van der Waals surface area (Å²) in [5.74, 6) is 1.20. The molecule has 0 atom stereocenters. The van der Waals surface area contributed by atoms with Crippen LogP contribution in [-0.4, -0.2) is 56.1 Å². The lowest BCUT2D eigenvalue weighted by Crippen LogP contribution is -2.29. The van der Waals surface area contributed by atoms with Crippen LogP contribution in [0.2, 0.25) is 0 Å². The van der Waals surface area contributed by atoms with Crippen LogP contribution in [0.15, 0.2) is 60.7 Å². The zero-order valence-electron chi connectivity index (χ0n) is 22.2. The number of piperidine rings is 1. The van der Waals surface area contributed by atoms with Gasteiger partial charge in [-0.05, 0) is 63.6 Å². The lowest BCUT2D eigenvalue weighted by molar-refractivity contribution is -0.113. The highest BCUT2D eigenvalue weighted by Crippen LogP contribution is 2.27. The van der Waals surface area contributed by atoms with E-state index in [-0.39, 0.29) is 11.6 Å². The van der Waals surface area contributed by atoms with Gasteiger partial charge in [0.2, 0.25) is 5.88 Å². The van der Waals surface area contributed by atoms with Gasteiger partial charge in [-0.15, -0.1) is 5.10 Å². The zero-order valence-corrected chi connectivity index (χ0v) is 22.2. The van der Waals surface area contributed by atoms with Gasteiger partial charge in [0, 0.05) is 36.8 Å². The van der Waals surface area contributed by atoms with E-state index in [4.69, 9.17) is 10.1 Å². The van der Waals surface area contributed by atoms with E-state index in [9.17, 15) is 4.79 Å². The highest BCUT2D eigenvalue weighted by atomic mass is 16.5. The third kappa shape index (κ3) is 6.24. The number of hydrogen-bond donors (Lipinski definition) is 5. The molecule has 5 rings (SSSR count). The molecule has 4 aromatic rings. The van der Waals surface area contributed by atoms with E-state index in [0.29, 0.717) is 40.5 Å². The van der Waals surface area contributed by atoms with E-state index in [1.807, 2.05) is 42.2 Å². The van der Waals surface area contributed by atoms with Crippen LogP contribution in [0.5, 0.6) is 11.6 Å². The summed E-state index contributed by atoms with van der Waals surface area (Å²) < 4.78 is 9.67. The SMILES string of the molecule is CN/C(=C\C(C)=N)C(=O)Nc1cc(Oc2ccc3nc(Nc4cnn(C5CCNCC5)c4)cn3n2)ccc1C. The lowest BCUT2D eigenvalue weighted by atomic mass is 10.1. The van der Waals surface area contributed by atoms with E-state index >= 15 is 0 Å². The summed E-state index contributed by atoms with van der Waals surface area (Å²) in [5.41, 5.74) is 3.57. The summed E-state index contributed by atoms with van der Waals surface area (Å²) in [5, 5.41) is 29.0. The number of fused-ring (bicyclic) bond motifs is 1. The molecule has 0 aliphatic carbocycles. The lowest BCUT2D eigenvalue weighted by Gasteiger charge is -2.22. The number of benzene rings is 1. The van der Waals surface area contributed by atoms with Crippen molar-refractivity contribution >= 4 is 34.5 Å². The van der Waals surface area contributed by atoms with Crippen molar-refractivity contribution < 1.29 is 9.53 Å². The number of anilines is 3. The fraction of sp³-hybridized carbons (Fsp3) is 0.296. The molecule has 0 unspecified atom stereocenters. The molecule has 1 fully saturated rings. The Morgan fingerprint density at radius 3 is 2.79 bits per heavy atom. The number of allylic oxidation sites excluding steroid dienone is 1. The van der Waals surface area contributed by atoms with Crippen LogP contribution < -0.4 is 26.0 Å². The fourth-order valence-corrected chi connectivity index (χ4v) is 4.38. The Kier molecular flexibility index (Phi) is 7.55. The van der Waals surface area contributed by atoms with Gasteiger partial charge in [0.15, 0.2) is 11.5 Å². The van der Waals surface area contributed by atoms with Gasteiger partial charge < -0.3 is 31.4 Å². The third-order valence-corrected chi connectivity index (χ3v) is 6.41. The van der Waals surface area contributed by atoms with E-state index in [1.54, 1.807) is 36.8 Å². The summed E-state index contributed by atoms with van der Waals surface area (Å²) >= 11 is 0. The summed E-state index contributed by atoms with van der Waals surface area (Å²) in [6.07, 6.45) is 9.21. The quantitative estimate of drug-likeness (QED) is 0.163. The van der Waals surface area contributed by atoms with Crippen molar-refractivity contribution in [1.82, 2.24) is 35.0 Å². The number of carbonyl (C=O) groups excluding carboxylic acids is 1. The number of rotatable bonds is 9. The third-order valence-electron chi connectivity index (χ3n) is 6.41. The van der Waals surface area contributed by atoms with Crippen LogP contribution in [0, 0.1) is 12.3 Å². The first-order valence-electron chi connectivity index (χ1n) is 12.8. The minimum Gasteiger partial charge on any atom is -0.438 e. The number of ether oxygens (including phenoxy) is 1. The van der Waals surface area contributed by atoms with E-state index in [2.05, 4.69) is 36.4 Å². The van der Waals surface area contributed by atoms with Gasteiger partial charge in [-0.2, -0.15) is 5.10 Å². The van der Waals surface area contributed by atoms with Crippen LogP contribution in [0.3, 0.4) is 0 Å². The molecule has 12 heteroatoms. The molecule has 1 aromatic carbocycles. The monoisotopic (exact) mass is 528 g/mol. The molecule has 3 aromatic heterocycles.